The highest BCUT2D eigenvalue weighted by molar-refractivity contribution is 14.1. The van der Waals surface area contributed by atoms with Crippen molar-refractivity contribution in [1.82, 2.24) is 14.9 Å². The summed E-state index contributed by atoms with van der Waals surface area (Å²) in [4.78, 5) is 28.6. The minimum Gasteiger partial charge on any atom is -0.497 e. The van der Waals surface area contributed by atoms with E-state index in [0.29, 0.717) is 29.2 Å². The van der Waals surface area contributed by atoms with Crippen LogP contribution in [0.1, 0.15) is 18.1 Å². The molecule has 1 unspecified atom stereocenters. The number of methoxy groups -OCH3 is 1. The fourth-order valence-electron chi connectivity index (χ4n) is 5.73. The van der Waals surface area contributed by atoms with Gasteiger partial charge in [-0.3, -0.25) is 4.79 Å². The number of nitrogens with one attached hydrogen (secondary N) is 1. The Morgan fingerprint density at radius 2 is 1.73 bits per heavy atom. The predicted molar refractivity (Wildman–Crippen MR) is 181 cm³/mol. The van der Waals surface area contributed by atoms with Crippen LogP contribution in [0.3, 0.4) is 0 Å². The molecule has 2 aliphatic heterocycles. The van der Waals surface area contributed by atoms with Crippen molar-refractivity contribution < 1.29 is 22.7 Å². The molecule has 45 heavy (non-hydrogen) atoms. The monoisotopic (exact) mass is 740 g/mol. The fraction of sp³-hybridized carbons (Fsp3) is 0.281. The van der Waals surface area contributed by atoms with Gasteiger partial charge in [-0.05, 0) is 103 Å². The molecule has 2 aromatic carbocycles. The molecule has 0 radical (unpaired) electrons. The molecular weight excluding hydrogens is 707 g/mol. The lowest BCUT2D eigenvalue weighted by Gasteiger charge is -2.34. The molecule has 1 fully saturated rings. The number of nitrogens with zero attached hydrogens (tertiary/aromatic N) is 5. The first-order valence-corrected chi connectivity index (χ1v) is 17.0. The number of aromatic nitrogens is 2. The van der Waals surface area contributed by atoms with Gasteiger partial charge in [0.2, 0.25) is 5.88 Å². The second kappa shape index (κ2) is 12.4. The van der Waals surface area contributed by atoms with Crippen molar-refractivity contribution in [3.05, 3.63) is 93.8 Å². The smallest absolute Gasteiger partial charge is 0.276 e. The van der Waals surface area contributed by atoms with Crippen molar-refractivity contribution in [2.45, 2.75) is 17.4 Å². The molecule has 2 aromatic heterocycles. The van der Waals surface area contributed by atoms with E-state index in [9.17, 15) is 13.2 Å². The van der Waals surface area contributed by atoms with Crippen LogP contribution >= 0.6 is 22.6 Å². The van der Waals surface area contributed by atoms with Gasteiger partial charge in [-0.15, -0.1) is 0 Å². The summed E-state index contributed by atoms with van der Waals surface area (Å²) in [6, 6.07) is 18.4. The summed E-state index contributed by atoms with van der Waals surface area (Å²) in [5.74, 6) is 0.830. The number of carbonyl (C=O) groups is 1. The summed E-state index contributed by atoms with van der Waals surface area (Å²) in [7, 11) is -0.762. The van der Waals surface area contributed by atoms with Gasteiger partial charge >= 0.3 is 0 Å². The summed E-state index contributed by atoms with van der Waals surface area (Å²) in [5, 5.41) is 3.42. The number of likely N-dealkylation sites (N-methyl/N-ethyl adjacent to an activating group) is 1. The minimum absolute atomic E-state index is 0.0497. The van der Waals surface area contributed by atoms with Crippen LogP contribution in [0.2, 0.25) is 0 Å². The average Bonchev–Trinajstić information content (AvgIpc) is 3.30. The first-order chi connectivity index (χ1) is 21.7. The van der Waals surface area contributed by atoms with E-state index in [2.05, 4.69) is 49.7 Å². The molecule has 6 rings (SSSR count). The summed E-state index contributed by atoms with van der Waals surface area (Å²) in [5.41, 5.74) is -0.117. The number of benzene rings is 2. The van der Waals surface area contributed by atoms with Crippen molar-refractivity contribution in [2.24, 2.45) is 0 Å². The van der Waals surface area contributed by atoms with Gasteiger partial charge < -0.3 is 24.6 Å². The van der Waals surface area contributed by atoms with Crippen LogP contribution in [-0.2, 0) is 20.4 Å². The SMILES string of the molecule is CCOc1ncccc1C1(Nc2ccc(N3CCN(C)CC3)nc2)C(=O)N(S(=O)(=O)c2ccc(OC)cc2)c2ccc(I)cc21. The normalized spacial score (nSPS) is 18.5. The molecule has 2 aliphatic rings. The number of pyridine rings is 2. The molecule has 1 saturated heterocycles. The molecule has 1 N–H and O–H groups in total. The Hall–Kier alpha value is -3.95. The van der Waals surface area contributed by atoms with Gasteiger partial charge in [-0.2, -0.15) is 4.31 Å². The van der Waals surface area contributed by atoms with Gasteiger partial charge in [0.05, 0.1) is 41.7 Å². The summed E-state index contributed by atoms with van der Waals surface area (Å²) < 4.78 is 41.4. The first kappa shape index (κ1) is 31.0. The van der Waals surface area contributed by atoms with E-state index in [0.717, 1.165) is 39.9 Å². The second-order valence-corrected chi connectivity index (χ2v) is 13.8. The Labute approximate surface area is 276 Å². The van der Waals surface area contributed by atoms with E-state index in [4.69, 9.17) is 14.5 Å². The highest BCUT2D eigenvalue weighted by atomic mass is 127. The first-order valence-electron chi connectivity index (χ1n) is 14.5. The van der Waals surface area contributed by atoms with E-state index in [-0.39, 0.29) is 16.5 Å². The van der Waals surface area contributed by atoms with Crippen LogP contribution in [0, 0.1) is 3.57 Å². The zero-order valence-electron chi connectivity index (χ0n) is 25.1. The lowest BCUT2D eigenvalue weighted by Crippen LogP contribution is -2.49. The Morgan fingerprint density at radius 1 is 0.978 bits per heavy atom. The van der Waals surface area contributed by atoms with Gasteiger partial charge in [0, 0.05) is 41.5 Å². The van der Waals surface area contributed by atoms with Crippen molar-refractivity contribution in [1.29, 1.82) is 0 Å². The maximum absolute atomic E-state index is 15.0. The van der Waals surface area contributed by atoms with Gasteiger partial charge in [0.1, 0.15) is 11.6 Å². The second-order valence-electron chi connectivity index (χ2n) is 10.8. The predicted octanol–water partition coefficient (Wildman–Crippen LogP) is 4.33. The Balaban J connectivity index is 1.51. The molecular formula is C32H33IN6O5S. The van der Waals surface area contributed by atoms with Crippen LogP contribution in [-0.4, -0.2) is 76.1 Å². The number of halogens is 1. The fourth-order valence-corrected chi connectivity index (χ4v) is 7.69. The van der Waals surface area contributed by atoms with Crippen LogP contribution in [0.25, 0.3) is 0 Å². The third kappa shape index (κ3) is 5.57. The third-order valence-corrected chi connectivity index (χ3v) is 10.4. The van der Waals surface area contributed by atoms with E-state index in [1.54, 1.807) is 48.8 Å². The van der Waals surface area contributed by atoms with Gasteiger partial charge in [0.25, 0.3) is 15.9 Å². The quantitative estimate of drug-likeness (QED) is 0.249. The Morgan fingerprint density at radius 3 is 2.40 bits per heavy atom. The van der Waals surface area contributed by atoms with E-state index < -0.39 is 21.5 Å². The van der Waals surface area contributed by atoms with E-state index in [1.807, 2.05) is 25.1 Å². The van der Waals surface area contributed by atoms with Crippen molar-refractivity contribution in [3.8, 4) is 11.6 Å². The minimum atomic E-state index is -4.36. The number of fused-ring (bicyclic) bond motifs is 1. The van der Waals surface area contributed by atoms with Crippen molar-refractivity contribution in [3.63, 3.8) is 0 Å². The molecule has 11 nitrogen and oxygen atoms in total. The molecule has 0 saturated carbocycles. The summed E-state index contributed by atoms with van der Waals surface area (Å²) >= 11 is 2.16. The van der Waals surface area contributed by atoms with Crippen molar-refractivity contribution in [2.75, 3.05) is 61.5 Å². The number of anilines is 3. The standard InChI is InChI=1S/C32H33IN6O5S/c1-4-44-30-26(6-5-15-34-30)32(36-23-8-14-29(35-21-23)38-18-16-37(2)17-19-38)27-20-22(33)7-13-28(27)39(31(32)40)45(41,42)25-11-9-24(43-3)10-12-25/h5-15,20-21,36H,4,16-19H2,1-3H3. The number of rotatable bonds is 9. The molecule has 4 aromatic rings. The molecule has 234 valence electrons. The van der Waals surface area contributed by atoms with Gasteiger partial charge in [0.15, 0.2) is 5.54 Å². The maximum Gasteiger partial charge on any atom is 0.276 e. The maximum atomic E-state index is 15.0. The number of carbonyl (C=O) groups excluding carboxylic acids is 1. The van der Waals surface area contributed by atoms with E-state index in [1.165, 1.54) is 19.2 Å². The molecule has 0 aliphatic carbocycles. The molecule has 0 bridgehead atoms. The molecule has 4 heterocycles. The topological polar surface area (TPSA) is 117 Å². The summed E-state index contributed by atoms with van der Waals surface area (Å²) in [6.07, 6.45) is 3.25. The Kier molecular flexibility index (Phi) is 8.59. The number of amides is 1. The zero-order chi connectivity index (χ0) is 31.8. The molecule has 0 spiro atoms. The Bertz CT molecular complexity index is 1810. The van der Waals surface area contributed by atoms with Crippen LogP contribution in [0.15, 0.2) is 84.0 Å². The molecule has 1 atom stereocenters. The number of ether oxygens (including phenoxy) is 2. The highest BCUT2D eigenvalue weighted by Crippen LogP contribution is 2.51. The lowest BCUT2D eigenvalue weighted by molar-refractivity contribution is -0.120. The third-order valence-electron chi connectivity index (χ3n) is 8.05. The zero-order valence-corrected chi connectivity index (χ0v) is 28.1. The van der Waals surface area contributed by atoms with Crippen LogP contribution in [0.5, 0.6) is 11.6 Å². The number of piperazine rings is 1. The highest BCUT2D eigenvalue weighted by Gasteiger charge is 2.58. The van der Waals surface area contributed by atoms with Crippen LogP contribution < -0.4 is 24.0 Å². The van der Waals surface area contributed by atoms with Gasteiger partial charge in [-0.25, -0.2) is 18.4 Å². The molecule has 13 heteroatoms. The number of sulfonamides is 1. The van der Waals surface area contributed by atoms with Gasteiger partial charge in [-0.1, -0.05) is 0 Å². The summed E-state index contributed by atoms with van der Waals surface area (Å²) in [6.45, 7) is 5.71. The van der Waals surface area contributed by atoms with Crippen LogP contribution in [0.4, 0.5) is 17.2 Å². The number of hydrogen-bond acceptors (Lipinski definition) is 10. The number of hydrogen-bond donors (Lipinski definition) is 1. The molecule has 1 amide bonds. The van der Waals surface area contributed by atoms with E-state index >= 15 is 0 Å². The average molecular weight is 741 g/mol. The largest absolute Gasteiger partial charge is 0.497 e. The van der Waals surface area contributed by atoms with Crippen molar-refractivity contribution >= 4 is 55.7 Å². The lowest BCUT2D eigenvalue weighted by atomic mass is 9.84.